The minimum atomic E-state index is -0.269. The highest BCUT2D eigenvalue weighted by Crippen LogP contribution is 2.34. The molecule has 0 bridgehead atoms. The Hall–Kier alpha value is -1.84. The molecule has 0 aromatic carbocycles. The Morgan fingerprint density at radius 2 is 2.12 bits per heavy atom. The van der Waals surface area contributed by atoms with E-state index in [4.69, 9.17) is 0 Å². The van der Waals surface area contributed by atoms with Crippen molar-refractivity contribution in [2.75, 3.05) is 0 Å². The second-order valence-electron chi connectivity index (χ2n) is 4.31. The van der Waals surface area contributed by atoms with Gasteiger partial charge in [0, 0.05) is 30.7 Å². The fraction of sp³-hybridized carbons (Fsp3) is 0.333. The first-order chi connectivity index (χ1) is 7.66. The van der Waals surface area contributed by atoms with Gasteiger partial charge >= 0.3 is 5.69 Å². The van der Waals surface area contributed by atoms with Crippen molar-refractivity contribution in [1.29, 1.82) is 0 Å². The van der Waals surface area contributed by atoms with Crippen LogP contribution in [-0.2, 0) is 19.9 Å². The highest BCUT2D eigenvalue weighted by molar-refractivity contribution is 5.71. The van der Waals surface area contributed by atoms with Crippen LogP contribution in [0.1, 0.15) is 16.8 Å². The molecule has 16 heavy (non-hydrogen) atoms. The van der Waals surface area contributed by atoms with Gasteiger partial charge in [0.05, 0.1) is 5.69 Å². The van der Waals surface area contributed by atoms with Gasteiger partial charge in [-0.1, -0.05) is 0 Å². The molecule has 0 saturated carbocycles. The monoisotopic (exact) mass is 215 g/mol. The van der Waals surface area contributed by atoms with E-state index in [-0.39, 0.29) is 5.69 Å². The summed E-state index contributed by atoms with van der Waals surface area (Å²) in [6.07, 6.45) is 5.82. The van der Waals surface area contributed by atoms with Crippen LogP contribution in [0.25, 0.3) is 11.3 Å². The third kappa shape index (κ3) is 1.16. The smallest absolute Gasteiger partial charge is 0.345 e. The lowest BCUT2D eigenvalue weighted by atomic mass is 9.92. The molecule has 0 aliphatic heterocycles. The summed E-state index contributed by atoms with van der Waals surface area (Å²) in [4.78, 5) is 17.9. The topological polar surface area (TPSA) is 50.7 Å². The van der Waals surface area contributed by atoms with E-state index in [1.807, 2.05) is 7.05 Å². The van der Waals surface area contributed by atoms with Crippen molar-refractivity contribution >= 4 is 0 Å². The molecule has 2 aromatic rings. The molecule has 1 N–H and O–H groups in total. The quantitative estimate of drug-likeness (QED) is 0.717. The fourth-order valence-electron chi connectivity index (χ4n) is 2.44. The van der Waals surface area contributed by atoms with Crippen LogP contribution in [0.4, 0.5) is 0 Å². The third-order valence-electron chi connectivity index (χ3n) is 3.37. The summed E-state index contributed by atoms with van der Waals surface area (Å²) in [6, 6.07) is 0. The number of aryl methyl sites for hydroxylation is 3. The van der Waals surface area contributed by atoms with Crippen LogP contribution < -0.4 is 5.69 Å². The van der Waals surface area contributed by atoms with Crippen molar-refractivity contribution in [1.82, 2.24) is 14.5 Å². The Balaban J connectivity index is 2.36. The van der Waals surface area contributed by atoms with Gasteiger partial charge in [0.1, 0.15) is 0 Å². The number of nitrogens with one attached hydrogen (secondary N) is 1. The number of hydrogen-bond acceptors (Lipinski definition) is 2. The summed E-state index contributed by atoms with van der Waals surface area (Å²) in [5.74, 6) is 0. The molecule has 82 valence electrons. The predicted molar refractivity (Wildman–Crippen MR) is 61.4 cm³/mol. The third-order valence-corrected chi connectivity index (χ3v) is 3.37. The fourth-order valence-corrected chi connectivity index (χ4v) is 2.44. The molecule has 2 heterocycles. The number of rotatable bonds is 0. The van der Waals surface area contributed by atoms with Gasteiger partial charge in [0.2, 0.25) is 0 Å². The summed E-state index contributed by atoms with van der Waals surface area (Å²) < 4.78 is 2.11. The van der Waals surface area contributed by atoms with Crippen molar-refractivity contribution in [3.63, 3.8) is 0 Å². The van der Waals surface area contributed by atoms with Crippen molar-refractivity contribution in [3.05, 3.63) is 39.7 Å². The Bertz CT molecular complexity index is 622. The van der Waals surface area contributed by atoms with Gasteiger partial charge < -0.3 is 9.55 Å². The lowest BCUT2D eigenvalue weighted by molar-refractivity contribution is 0.873. The van der Waals surface area contributed by atoms with Gasteiger partial charge in [-0.25, -0.2) is 9.78 Å². The zero-order valence-corrected chi connectivity index (χ0v) is 9.37. The van der Waals surface area contributed by atoms with Crippen molar-refractivity contribution in [2.45, 2.75) is 19.8 Å². The average molecular weight is 215 g/mol. The SMILES string of the molecule is Cc1c2c(cn1C)CCc1cnc(=O)[nH]c1-2. The van der Waals surface area contributed by atoms with E-state index < -0.39 is 0 Å². The molecular weight excluding hydrogens is 202 g/mol. The van der Waals surface area contributed by atoms with Crippen LogP contribution in [0.5, 0.6) is 0 Å². The number of hydrogen-bond donors (Lipinski definition) is 1. The van der Waals surface area contributed by atoms with E-state index >= 15 is 0 Å². The van der Waals surface area contributed by atoms with E-state index in [1.165, 1.54) is 16.8 Å². The van der Waals surface area contributed by atoms with Crippen molar-refractivity contribution < 1.29 is 0 Å². The molecule has 2 aromatic heterocycles. The summed E-state index contributed by atoms with van der Waals surface area (Å²) in [7, 11) is 2.03. The molecule has 3 rings (SSSR count). The van der Waals surface area contributed by atoms with Crippen molar-refractivity contribution in [3.8, 4) is 11.3 Å². The lowest BCUT2D eigenvalue weighted by Crippen LogP contribution is -2.15. The number of aromatic amines is 1. The van der Waals surface area contributed by atoms with Gasteiger partial charge in [0.15, 0.2) is 0 Å². The van der Waals surface area contributed by atoms with Crippen LogP contribution in [0.2, 0.25) is 0 Å². The molecule has 0 saturated heterocycles. The van der Waals surface area contributed by atoms with Crippen LogP contribution in [-0.4, -0.2) is 14.5 Å². The number of nitrogens with zero attached hydrogens (tertiary/aromatic N) is 2. The number of H-pyrrole nitrogens is 1. The largest absolute Gasteiger partial charge is 0.354 e. The Labute approximate surface area is 93.0 Å². The first kappa shape index (κ1) is 9.39. The van der Waals surface area contributed by atoms with E-state index in [2.05, 4.69) is 27.7 Å². The second kappa shape index (κ2) is 3.07. The summed E-state index contributed by atoms with van der Waals surface area (Å²) in [6.45, 7) is 2.08. The Morgan fingerprint density at radius 3 is 2.94 bits per heavy atom. The zero-order valence-electron chi connectivity index (χ0n) is 9.37. The normalized spacial score (nSPS) is 13.4. The molecule has 1 aliphatic rings. The van der Waals surface area contributed by atoms with E-state index in [1.54, 1.807) is 6.20 Å². The maximum atomic E-state index is 11.3. The summed E-state index contributed by atoms with van der Waals surface area (Å²) in [5.41, 5.74) is 5.52. The maximum absolute atomic E-state index is 11.3. The maximum Gasteiger partial charge on any atom is 0.345 e. The van der Waals surface area contributed by atoms with Crippen LogP contribution in [0.15, 0.2) is 17.2 Å². The Morgan fingerprint density at radius 1 is 1.38 bits per heavy atom. The molecular formula is C12H13N3O. The summed E-state index contributed by atoms with van der Waals surface area (Å²) >= 11 is 0. The van der Waals surface area contributed by atoms with E-state index in [9.17, 15) is 4.79 Å². The standard InChI is InChI=1S/C12H13N3O/c1-7-10-9(6-15(7)2)4-3-8-5-13-12(16)14-11(8)10/h5-6H,3-4H2,1-2H3,(H,13,14,16). The highest BCUT2D eigenvalue weighted by atomic mass is 16.1. The van der Waals surface area contributed by atoms with Crippen LogP contribution in [0.3, 0.4) is 0 Å². The lowest BCUT2D eigenvalue weighted by Gasteiger charge is -2.15. The van der Waals surface area contributed by atoms with E-state index in [0.717, 1.165) is 24.1 Å². The number of fused-ring (bicyclic) bond motifs is 3. The Kier molecular flexibility index (Phi) is 1.80. The predicted octanol–water partition coefficient (Wildman–Crippen LogP) is 1.18. The molecule has 0 amide bonds. The first-order valence-corrected chi connectivity index (χ1v) is 5.40. The van der Waals surface area contributed by atoms with Crippen LogP contribution in [0, 0.1) is 6.92 Å². The second-order valence-corrected chi connectivity index (χ2v) is 4.31. The highest BCUT2D eigenvalue weighted by Gasteiger charge is 2.21. The molecule has 4 nitrogen and oxygen atoms in total. The van der Waals surface area contributed by atoms with Crippen LogP contribution >= 0.6 is 0 Å². The molecule has 0 fully saturated rings. The van der Waals surface area contributed by atoms with E-state index in [0.29, 0.717) is 0 Å². The minimum Gasteiger partial charge on any atom is -0.354 e. The molecule has 0 unspecified atom stereocenters. The molecule has 0 spiro atoms. The molecule has 0 radical (unpaired) electrons. The van der Waals surface area contributed by atoms with Gasteiger partial charge in [-0.15, -0.1) is 0 Å². The van der Waals surface area contributed by atoms with Gasteiger partial charge in [-0.2, -0.15) is 0 Å². The average Bonchev–Trinajstić information content (AvgIpc) is 2.55. The van der Waals surface area contributed by atoms with Gasteiger partial charge in [-0.05, 0) is 30.9 Å². The molecule has 1 aliphatic carbocycles. The molecule has 4 heteroatoms. The zero-order chi connectivity index (χ0) is 11.3. The molecule has 0 atom stereocenters. The van der Waals surface area contributed by atoms with Gasteiger partial charge in [0.25, 0.3) is 0 Å². The van der Waals surface area contributed by atoms with Crippen molar-refractivity contribution in [2.24, 2.45) is 7.05 Å². The minimum absolute atomic E-state index is 0.269. The summed E-state index contributed by atoms with van der Waals surface area (Å²) in [5, 5.41) is 0. The first-order valence-electron chi connectivity index (χ1n) is 5.40. The number of aromatic nitrogens is 3. The van der Waals surface area contributed by atoms with Gasteiger partial charge in [-0.3, -0.25) is 0 Å².